The third kappa shape index (κ3) is 6.67. The molecule has 2 aromatic rings. The second-order valence-corrected chi connectivity index (χ2v) is 9.91. The summed E-state index contributed by atoms with van der Waals surface area (Å²) in [7, 11) is 0. The Labute approximate surface area is 230 Å². The predicted octanol–water partition coefficient (Wildman–Crippen LogP) is 3.25. The molecule has 0 saturated carbocycles. The summed E-state index contributed by atoms with van der Waals surface area (Å²) in [6.07, 6.45) is -9.71. The number of hydrogen-bond donors (Lipinski definition) is 3. The minimum absolute atomic E-state index is 0.0533. The minimum atomic E-state index is -5.03. The zero-order chi connectivity index (χ0) is 29.4. The predicted molar refractivity (Wildman–Crippen MR) is 133 cm³/mol. The number of nitrogens with zero attached hydrogens (tertiary/aromatic N) is 1. The molecule has 14 heteroatoms. The number of alkyl halides is 6. The highest BCUT2D eigenvalue weighted by Crippen LogP contribution is 2.37. The van der Waals surface area contributed by atoms with Crippen LogP contribution in [-0.4, -0.2) is 56.7 Å². The van der Waals surface area contributed by atoms with Crippen molar-refractivity contribution < 1.29 is 45.3 Å². The maximum Gasteiger partial charge on any atom is 0.416 e. The Kier molecular flexibility index (Phi) is 8.30. The number of hydroxylamine groups is 2. The number of ether oxygens (including phenoxy) is 2. The fourth-order valence-corrected chi connectivity index (χ4v) is 5.13. The Morgan fingerprint density at radius 3 is 2.20 bits per heavy atom. The molecule has 0 aromatic heterocycles. The molecule has 3 unspecified atom stereocenters. The maximum absolute atomic E-state index is 14.2. The number of rotatable bonds is 4. The minimum Gasteiger partial charge on any atom is -0.628 e. The normalized spacial score (nSPS) is 25.8. The Morgan fingerprint density at radius 2 is 1.59 bits per heavy atom. The van der Waals surface area contributed by atoms with Crippen molar-refractivity contribution >= 4 is 5.70 Å². The van der Waals surface area contributed by atoms with Crippen molar-refractivity contribution in [1.29, 1.82) is 0 Å². The van der Waals surface area contributed by atoms with Crippen molar-refractivity contribution in [2.75, 3.05) is 39.5 Å². The van der Waals surface area contributed by atoms with Crippen LogP contribution in [0.4, 0.5) is 30.7 Å². The summed E-state index contributed by atoms with van der Waals surface area (Å²) in [6.45, 7) is 2.20. The maximum atomic E-state index is 14.2. The number of hydrogen-bond acceptors (Lipinski definition) is 6. The molecule has 222 valence electrons. The van der Waals surface area contributed by atoms with Crippen LogP contribution in [0, 0.1) is 11.0 Å². The lowest BCUT2D eigenvalue weighted by Crippen LogP contribution is -3.09. The molecule has 3 aliphatic rings. The lowest BCUT2D eigenvalue weighted by molar-refractivity contribution is -0.793. The first kappa shape index (κ1) is 29.3. The van der Waals surface area contributed by atoms with Gasteiger partial charge in [0, 0.05) is 37.7 Å². The summed E-state index contributed by atoms with van der Waals surface area (Å²) in [5.74, 6) is -0.310. The molecule has 1 saturated heterocycles. The second-order valence-electron chi connectivity index (χ2n) is 9.91. The molecular formula is C27H27F7N4O3. The summed E-state index contributed by atoms with van der Waals surface area (Å²) in [4.78, 5) is 1.94. The smallest absolute Gasteiger partial charge is 0.416 e. The van der Waals surface area contributed by atoms with Crippen molar-refractivity contribution in [2.45, 2.75) is 31.0 Å². The number of nitrogens with one attached hydrogen (secondary N) is 3. The van der Waals surface area contributed by atoms with Crippen LogP contribution in [0.3, 0.4) is 0 Å². The van der Waals surface area contributed by atoms with Gasteiger partial charge in [0.25, 0.3) is 0 Å². The number of halogens is 7. The summed E-state index contributed by atoms with van der Waals surface area (Å²) in [5, 5.41) is 19.8. The molecule has 3 heterocycles. The van der Waals surface area contributed by atoms with Gasteiger partial charge in [-0.15, -0.1) is 0 Å². The van der Waals surface area contributed by atoms with Crippen LogP contribution in [0.1, 0.15) is 22.3 Å². The van der Waals surface area contributed by atoms with E-state index < -0.39 is 53.1 Å². The molecular weight excluding hydrogens is 561 g/mol. The molecule has 3 atom stereocenters. The van der Waals surface area contributed by atoms with E-state index in [1.165, 1.54) is 24.3 Å². The number of quaternary nitrogens is 1. The topological polar surface area (TPSA) is 73.3 Å². The number of morpholine rings is 1. The average molecular weight is 589 g/mol. The third-order valence-corrected chi connectivity index (χ3v) is 7.18. The van der Waals surface area contributed by atoms with E-state index in [0.29, 0.717) is 49.6 Å². The monoisotopic (exact) mass is 588 g/mol. The van der Waals surface area contributed by atoms with Gasteiger partial charge in [0.1, 0.15) is 17.6 Å². The van der Waals surface area contributed by atoms with Gasteiger partial charge in [-0.2, -0.15) is 26.3 Å². The molecule has 3 N–H and O–H groups in total. The first-order valence-electron chi connectivity index (χ1n) is 12.9. The van der Waals surface area contributed by atoms with Crippen molar-refractivity contribution in [3.05, 3.63) is 93.3 Å². The summed E-state index contributed by atoms with van der Waals surface area (Å²) in [5.41, 5.74) is -2.43. The van der Waals surface area contributed by atoms with Crippen LogP contribution in [-0.2, 0) is 28.2 Å². The quantitative estimate of drug-likeness (QED) is 0.377. The second kappa shape index (κ2) is 11.6. The van der Waals surface area contributed by atoms with Gasteiger partial charge < -0.3 is 25.1 Å². The van der Waals surface area contributed by atoms with E-state index in [1.54, 1.807) is 6.08 Å². The Bertz CT molecular complexity index is 1270. The van der Waals surface area contributed by atoms with Gasteiger partial charge in [-0.1, -0.05) is 0 Å². The molecule has 7 nitrogen and oxygen atoms in total. The molecule has 0 aliphatic carbocycles. The number of benzene rings is 2. The Hall–Kier alpha value is -3.17. The van der Waals surface area contributed by atoms with E-state index >= 15 is 0 Å². The molecule has 3 aliphatic heterocycles. The van der Waals surface area contributed by atoms with Crippen LogP contribution in [0.25, 0.3) is 5.70 Å². The molecule has 2 aromatic carbocycles. The van der Waals surface area contributed by atoms with Crippen molar-refractivity contribution in [3.8, 4) is 0 Å². The van der Waals surface area contributed by atoms with Gasteiger partial charge in [-0.05, 0) is 48.0 Å². The SMILES string of the molecule is [O-][NH+]1/C(c2ccc(F)cc2)=C\C(N2CCOCC2)OC2=C(CNCN2)C1Cc1cc(C(F)(F)F)cc(C(F)(F)F)c1. The van der Waals surface area contributed by atoms with Crippen LogP contribution in [0.2, 0.25) is 0 Å². The van der Waals surface area contributed by atoms with E-state index in [-0.39, 0.29) is 36.4 Å². The Balaban J connectivity index is 1.61. The highest BCUT2D eigenvalue weighted by Gasteiger charge is 2.39. The fraction of sp³-hybridized carbons (Fsp3) is 0.407. The lowest BCUT2D eigenvalue weighted by atomic mass is 9.93. The standard InChI is InChI=1S/C27H27F7N4O3/c28-20-3-1-17(2-4-20)22-13-24(37-5-7-40-8-6-37)41-25-21(14-35-15-36-25)23(38(22)39)11-16-9-18(26(29,30)31)12-19(10-16)27(32,33)34/h1-4,9-10,12-13,23-24,35-36,38H,5-8,11,14-15H2/b22-13-. The highest BCUT2D eigenvalue weighted by molar-refractivity contribution is 5.59. The van der Waals surface area contributed by atoms with Gasteiger partial charge in [-0.3, -0.25) is 10.2 Å². The van der Waals surface area contributed by atoms with Crippen molar-refractivity contribution in [2.24, 2.45) is 0 Å². The largest absolute Gasteiger partial charge is 0.628 e. The lowest BCUT2D eigenvalue weighted by Gasteiger charge is -2.42. The molecule has 0 spiro atoms. The Morgan fingerprint density at radius 1 is 0.951 bits per heavy atom. The first-order valence-corrected chi connectivity index (χ1v) is 12.9. The fourth-order valence-electron chi connectivity index (χ4n) is 5.13. The third-order valence-electron chi connectivity index (χ3n) is 7.18. The average Bonchev–Trinajstić information content (AvgIpc) is 2.93. The van der Waals surface area contributed by atoms with Crippen molar-refractivity contribution in [3.63, 3.8) is 0 Å². The zero-order valence-corrected chi connectivity index (χ0v) is 21.5. The first-order chi connectivity index (χ1) is 19.4. The zero-order valence-electron chi connectivity index (χ0n) is 21.5. The van der Waals surface area contributed by atoms with Crippen LogP contribution in [0.15, 0.2) is 60.0 Å². The van der Waals surface area contributed by atoms with Gasteiger partial charge in [-0.25, -0.2) is 4.39 Å². The molecule has 41 heavy (non-hydrogen) atoms. The molecule has 1 fully saturated rings. The van der Waals surface area contributed by atoms with E-state index in [1.807, 2.05) is 4.90 Å². The summed E-state index contributed by atoms with van der Waals surface area (Å²) in [6, 6.07) is 5.25. The van der Waals surface area contributed by atoms with Gasteiger partial charge in [0.05, 0.1) is 36.6 Å². The van der Waals surface area contributed by atoms with Crippen LogP contribution in [0.5, 0.6) is 0 Å². The molecule has 0 bridgehead atoms. The van der Waals surface area contributed by atoms with Crippen LogP contribution < -0.4 is 15.7 Å². The van der Waals surface area contributed by atoms with Gasteiger partial charge in [0.2, 0.25) is 0 Å². The molecule has 0 amide bonds. The van der Waals surface area contributed by atoms with E-state index in [4.69, 9.17) is 9.47 Å². The van der Waals surface area contributed by atoms with Crippen molar-refractivity contribution in [1.82, 2.24) is 15.5 Å². The molecule has 0 radical (unpaired) electrons. The summed E-state index contributed by atoms with van der Waals surface area (Å²) < 4.78 is 107. The van der Waals surface area contributed by atoms with Crippen LogP contribution >= 0.6 is 0 Å². The van der Waals surface area contributed by atoms with E-state index in [0.717, 1.165) is 0 Å². The van der Waals surface area contributed by atoms with Gasteiger partial charge >= 0.3 is 12.4 Å². The highest BCUT2D eigenvalue weighted by atomic mass is 19.4. The van der Waals surface area contributed by atoms with Gasteiger partial charge in [0.15, 0.2) is 12.1 Å². The van der Waals surface area contributed by atoms with E-state index in [2.05, 4.69) is 10.6 Å². The molecule has 5 rings (SSSR count). The van der Waals surface area contributed by atoms with E-state index in [9.17, 15) is 35.9 Å². The summed E-state index contributed by atoms with van der Waals surface area (Å²) >= 11 is 0.